The van der Waals surface area contributed by atoms with Crippen LogP contribution in [0.5, 0.6) is 0 Å². The van der Waals surface area contributed by atoms with Gasteiger partial charge in [0.1, 0.15) is 5.01 Å². The van der Waals surface area contributed by atoms with E-state index in [2.05, 4.69) is 9.71 Å². The van der Waals surface area contributed by atoms with Crippen molar-refractivity contribution in [1.82, 2.24) is 14.0 Å². The van der Waals surface area contributed by atoms with Gasteiger partial charge >= 0.3 is 0 Å². The molecule has 0 unspecified atom stereocenters. The lowest BCUT2D eigenvalue weighted by atomic mass is 10.2. The standard InChI is InChI=1S/C13H16ClN3O2S2/c1-17(2)21(18,19)15-8-7-12-9-20-13(16-12)10-3-5-11(14)6-4-10/h3-6,9,15H,7-8H2,1-2H3. The number of aromatic nitrogens is 1. The Morgan fingerprint density at radius 2 is 1.95 bits per heavy atom. The van der Waals surface area contributed by atoms with E-state index in [1.165, 1.54) is 25.4 Å². The second-order valence-corrected chi connectivity index (χ2v) is 7.85. The first-order valence-electron chi connectivity index (χ1n) is 6.26. The van der Waals surface area contributed by atoms with Gasteiger partial charge in [-0.3, -0.25) is 0 Å². The molecular formula is C13H16ClN3O2S2. The van der Waals surface area contributed by atoms with Crippen molar-refractivity contribution >= 4 is 33.1 Å². The largest absolute Gasteiger partial charge is 0.278 e. The Morgan fingerprint density at radius 3 is 2.57 bits per heavy atom. The van der Waals surface area contributed by atoms with Gasteiger partial charge in [0.05, 0.1) is 5.69 Å². The zero-order chi connectivity index (χ0) is 15.5. The smallest absolute Gasteiger partial charge is 0.241 e. The summed E-state index contributed by atoms with van der Waals surface area (Å²) in [4.78, 5) is 4.50. The molecule has 0 aliphatic rings. The van der Waals surface area contributed by atoms with E-state index in [4.69, 9.17) is 11.6 Å². The number of nitrogens with one attached hydrogen (secondary N) is 1. The predicted molar refractivity (Wildman–Crippen MR) is 86.9 cm³/mol. The highest BCUT2D eigenvalue weighted by molar-refractivity contribution is 7.87. The molecule has 8 heteroatoms. The highest BCUT2D eigenvalue weighted by Crippen LogP contribution is 2.25. The first-order valence-corrected chi connectivity index (χ1v) is 8.96. The number of halogens is 1. The van der Waals surface area contributed by atoms with Crippen LogP contribution >= 0.6 is 22.9 Å². The zero-order valence-corrected chi connectivity index (χ0v) is 14.1. The van der Waals surface area contributed by atoms with E-state index in [0.717, 1.165) is 20.6 Å². The minimum atomic E-state index is -3.37. The highest BCUT2D eigenvalue weighted by atomic mass is 35.5. The normalized spacial score (nSPS) is 12.0. The van der Waals surface area contributed by atoms with Crippen LogP contribution in [0.4, 0.5) is 0 Å². The van der Waals surface area contributed by atoms with Gasteiger partial charge in [0.25, 0.3) is 10.2 Å². The van der Waals surface area contributed by atoms with Crippen molar-refractivity contribution in [2.45, 2.75) is 6.42 Å². The van der Waals surface area contributed by atoms with Crippen molar-refractivity contribution < 1.29 is 8.42 Å². The fourth-order valence-corrected chi connectivity index (χ4v) is 3.19. The molecule has 0 bridgehead atoms. The second kappa shape index (κ2) is 6.85. The molecule has 0 fully saturated rings. The molecule has 0 amide bonds. The molecule has 0 radical (unpaired) electrons. The van der Waals surface area contributed by atoms with Crippen molar-refractivity contribution in [2.24, 2.45) is 0 Å². The third-order valence-corrected chi connectivity index (χ3v) is 5.51. The van der Waals surface area contributed by atoms with Gasteiger partial charge in [0.2, 0.25) is 0 Å². The number of hydrogen-bond donors (Lipinski definition) is 1. The maximum Gasteiger partial charge on any atom is 0.278 e. The molecule has 1 heterocycles. The molecule has 0 atom stereocenters. The molecule has 1 N–H and O–H groups in total. The molecular weight excluding hydrogens is 330 g/mol. The maximum absolute atomic E-state index is 11.6. The van der Waals surface area contributed by atoms with Crippen molar-refractivity contribution in [3.05, 3.63) is 40.4 Å². The first kappa shape index (κ1) is 16.4. The van der Waals surface area contributed by atoms with E-state index < -0.39 is 10.2 Å². The Hall–Kier alpha value is -0.990. The lowest BCUT2D eigenvalue weighted by molar-refractivity contribution is 0.506. The summed E-state index contributed by atoms with van der Waals surface area (Å²) < 4.78 is 26.8. The van der Waals surface area contributed by atoms with Crippen LogP contribution in [0, 0.1) is 0 Å². The maximum atomic E-state index is 11.6. The van der Waals surface area contributed by atoms with Crippen molar-refractivity contribution in [3.63, 3.8) is 0 Å². The number of benzene rings is 1. The van der Waals surface area contributed by atoms with Crippen LogP contribution in [-0.4, -0.2) is 38.3 Å². The lowest BCUT2D eigenvalue weighted by Gasteiger charge is -2.11. The van der Waals surface area contributed by atoms with Crippen LogP contribution in [0.15, 0.2) is 29.6 Å². The Bertz CT molecular complexity index is 696. The van der Waals surface area contributed by atoms with Crippen LogP contribution in [-0.2, 0) is 16.6 Å². The van der Waals surface area contributed by atoms with Gasteiger partial charge in [-0.15, -0.1) is 11.3 Å². The molecule has 21 heavy (non-hydrogen) atoms. The van der Waals surface area contributed by atoms with Crippen LogP contribution in [0.25, 0.3) is 10.6 Å². The van der Waals surface area contributed by atoms with Crippen LogP contribution < -0.4 is 4.72 Å². The van der Waals surface area contributed by atoms with Gasteiger partial charge in [-0.2, -0.15) is 12.7 Å². The van der Waals surface area contributed by atoms with E-state index in [1.54, 1.807) is 0 Å². The first-order chi connectivity index (χ1) is 9.88. The SMILES string of the molecule is CN(C)S(=O)(=O)NCCc1csc(-c2ccc(Cl)cc2)n1. The fraction of sp³-hybridized carbons (Fsp3) is 0.308. The average molecular weight is 346 g/mol. The number of rotatable bonds is 6. The molecule has 0 saturated heterocycles. The summed E-state index contributed by atoms with van der Waals surface area (Å²) in [7, 11) is -0.394. The molecule has 114 valence electrons. The summed E-state index contributed by atoms with van der Waals surface area (Å²) in [5, 5.41) is 3.53. The monoisotopic (exact) mass is 345 g/mol. The molecule has 2 rings (SSSR count). The van der Waals surface area contributed by atoms with Crippen LogP contribution in [0.2, 0.25) is 5.02 Å². The zero-order valence-electron chi connectivity index (χ0n) is 11.7. The molecule has 1 aromatic heterocycles. The molecule has 1 aromatic carbocycles. The highest BCUT2D eigenvalue weighted by Gasteiger charge is 2.12. The van der Waals surface area contributed by atoms with Gasteiger partial charge in [-0.25, -0.2) is 9.71 Å². The summed E-state index contributed by atoms with van der Waals surface area (Å²) in [6.07, 6.45) is 0.553. The minimum Gasteiger partial charge on any atom is -0.241 e. The van der Waals surface area contributed by atoms with E-state index >= 15 is 0 Å². The number of hydrogen-bond acceptors (Lipinski definition) is 4. The van der Waals surface area contributed by atoms with E-state index in [9.17, 15) is 8.42 Å². The van der Waals surface area contributed by atoms with Gasteiger partial charge in [-0.05, 0) is 12.1 Å². The molecule has 0 spiro atoms. The summed E-state index contributed by atoms with van der Waals surface area (Å²) in [5.74, 6) is 0. The van der Waals surface area contributed by atoms with Crippen LogP contribution in [0.3, 0.4) is 0 Å². The van der Waals surface area contributed by atoms with Gasteiger partial charge in [0.15, 0.2) is 0 Å². The van der Waals surface area contributed by atoms with Crippen molar-refractivity contribution in [2.75, 3.05) is 20.6 Å². The Labute approximate surface area is 133 Å². The summed E-state index contributed by atoms with van der Waals surface area (Å²) in [6.45, 7) is 0.324. The quantitative estimate of drug-likeness (QED) is 0.874. The molecule has 0 aliphatic carbocycles. The van der Waals surface area contributed by atoms with Gasteiger partial charge < -0.3 is 0 Å². The molecule has 0 saturated carbocycles. The van der Waals surface area contributed by atoms with Gasteiger partial charge in [-0.1, -0.05) is 23.7 Å². The average Bonchev–Trinajstić information content (AvgIpc) is 2.88. The van der Waals surface area contributed by atoms with Crippen molar-refractivity contribution in [3.8, 4) is 10.6 Å². The van der Waals surface area contributed by atoms with Crippen molar-refractivity contribution in [1.29, 1.82) is 0 Å². The Balaban J connectivity index is 1.96. The number of nitrogens with zero attached hydrogens (tertiary/aromatic N) is 2. The Kier molecular flexibility index (Phi) is 5.34. The number of thiazole rings is 1. The minimum absolute atomic E-state index is 0.324. The second-order valence-electron chi connectivity index (χ2n) is 4.58. The van der Waals surface area contributed by atoms with Crippen LogP contribution in [0.1, 0.15) is 5.69 Å². The van der Waals surface area contributed by atoms with E-state index in [0.29, 0.717) is 18.0 Å². The lowest BCUT2D eigenvalue weighted by Crippen LogP contribution is -2.36. The molecule has 0 aliphatic heterocycles. The van der Waals surface area contributed by atoms with Gasteiger partial charge in [0, 0.05) is 43.0 Å². The third-order valence-electron chi connectivity index (χ3n) is 2.79. The predicted octanol–water partition coefficient (Wildman–Crippen LogP) is 2.40. The summed E-state index contributed by atoms with van der Waals surface area (Å²) >= 11 is 7.39. The van der Waals surface area contributed by atoms with E-state index in [1.807, 2.05) is 29.6 Å². The summed E-state index contributed by atoms with van der Waals surface area (Å²) in [6, 6.07) is 7.48. The Morgan fingerprint density at radius 1 is 1.29 bits per heavy atom. The fourth-order valence-electron chi connectivity index (χ4n) is 1.58. The molecule has 5 nitrogen and oxygen atoms in total. The van der Waals surface area contributed by atoms with E-state index in [-0.39, 0.29) is 0 Å². The third kappa shape index (κ3) is 4.49. The summed E-state index contributed by atoms with van der Waals surface area (Å²) in [5.41, 5.74) is 1.87. The topological polar surface area (TPSA) is 62.3 Å². The molecule has 2 aromatic rings.